The molecule has 1 aliphatic rings. The average molecular weight is 266 g/mol. The Bertz CT molecular complexity index is 461. The Hall–Kier alpha value is -1.07. The lowest BCUT2D eigenvalue weighted by Crippen LogP contribution is -2.43. The van der Waals surface area contributed by atoms with E-state index in [9.17, 15) is 0 Å². The van der Waals surface area contributed by atoms with Crippen LogP contribution >= 0.6 is 0 Å². The molecule has 0 bridgehead atoms. The molecule has 108 valence electrons. The van der Waals surface area contributed by atoms with E-state index in [0.717, 1.165) is 30.1 Å². The maximum absolute atomic E-state index is 6.37. The predicted molar refractivity (Wildman–Crippen MR) is 76.3 cm³/mol. The third-order valence-electron chi connectivity index (χ3n) is 4.01. The predicted octanol–water partition coefficient (Wildman–Crippen LogP) is 1.61. The maximum atomic E-state index is 6.37. The van der Waals surface area contributed by atoms with Gasteiger partial charge in [-0.05, 0) is 34.1 Å². The minimum Gasteiger partial charge on any atom is -0.481 e. The molecule has 5 nitrogen and oxygen atoms in total. The van der Waals surface area contributed by atoms with E-state index in [0.29, 0.717) is 0 Å². The van der Waals surface area contributed by atoms with Gasteiger partial charge in [0.25, 0.3) is 0 Å². The topological polar surface area (TPSA) is 56.3 Å². The van der Waals surface area contributed by atoms with Crippen LogP contribution in [0.2, 0.25) is 0 Å². The molecule has 0 aliphatic carbocycles. The molecule has 1 saturated heterocycles. The quantitative estimate of drug-likeness (QED) is 0.883. The van der Waals surface area contributed by atoms with E-state index in [2.05, 4.69) is 30.8 Å². The second kappa shape index (κ2) is 4.80. The number of hydrogen-bond donors (Lipinski definition) is 1. The van der Waals surface area contributed by atoms with Crippen molar-refractivity contribution in [1.29, 1.82) is 0 Å². The number of aromatic nitrogens is 2. The van der Waals surface area contributed by atoms with E-state index in [1.54, 1.807) is 11.8 Å². The van der Waals surface area contributed by atoms with Crippen molar-refractivity contribution in [3.05, 3.63) is 11.3 Å². The van der Waals surface area contributed by atoms with Crippen LogP contribution < -0.4 is 10.5 Å². The van der Waals surface area contributed by atoms with Crippen molar-refractivity contribution < 1.29 is 4.74 Å². The van der Waals surface area contributed by atoms with Crippen LogP contribution in [0.1, 0.15) is 44.5 Å². The fourth-order valence-electron chi connectivity index (χ4n) is 3.17. The standard InChI is InChI=1S/C14H26N4O/c1-9-11(13(19-6)17(5)16-9)12-10(15)7-8-18(12)14(2,3)4/h10,12H,7-8,15H2,1-6H3. The van der Waals surface area contributed by atoms with E-state index in [-0.39, 0.29) is 17.6 Å². The number of methoxy groups -OCH3 is 1. The highest BCUT2D eigenvalue weighted by atomic mass is 16.5. The Labute approximate surface area is 115 Å². The zero-order valence-corrected chi connectivity index (χ0v) is 12.9. The van der Waals surface area contributed by atoms with Crippen LogP contribution in [0.3, 0.4) is 0 Å². The maximum Gasteiger partial charge on any atom is 0.216 e. The van der Waals surface area contributed by atoms with Crippen molar-refractivity contribution in [2.75, 3.05) is 13.7 Å². The number of nitrogens with zero attached hydrogens (tertiary/aromatic N) is 3. The number of aryl methyl sites for hydroxylation is 2. The van der Waals surface area contributed by atoms with Crippen LogP contribution in [0.4, 0.5) is 0 Å². The van der Waals surface area contributed by atoms with Crippen molar-refractivity contribution in [1.82, 2.24) is 14.7 Å². The molecule has 2 rings (SSSR count). The molecule has 5 heteroatoms. The van der Waals surface area contributed by atoms with E-state index >= 15 is 0 Å². The molecule has 2 atom stereocenters. The van der Waals surface area contributed by atoms with Gasteiger partial charge < -0.3 is 10.5 Å². The van der Waals surface area contributed by atoms with Crippen molar-refractivity contribution >= 4 is 0 Å². The summed E-state index contributed by atoms with van der Waals surface area (Å²) in [5.74, 6) is 0.828. The number of likely N-dealkylation sites (tertiary alicyclic amines) is 1. The molecule has 1 fully saturated rings. The Morgan fingerprint density at radius 1 is 1.37 bits per heavy atom. The Kier molecular flexibility index (Phi) is 3.62. The summed E-state index contributed by atoms with van der Waals surface area (Å²) in [5, 5.41) is 4.49. The molecule has 1 aliphatic heterocycles. The highest BCUT2D eigenvalue weighted by Gasteiger charge is 2.42. The third kappa shape index (κ3) is 2.37. The van der Waals surface area contributed by atoms with Gasteiger partial charge in [0.15, 0.2) is 0 Å². The van der Waals surface area contributed by atoms with Gasteiger partial charge in [-0.1, -0.05) is 0 Å². The molecule has 0 spiro atoms. The molecule has 2 heterocycles. The highest BCUT2D eigenvalue weighted by molar-refractivity contribution is 5.36. The van der Waals surface area contributed by atoms with Crippen LogP contribution in [0, 0.1) is 6.92 Å². The van der Waals surface area contributed by atoms with Gasteiger partial charge in [0.1, 0.15) is 0 Å². The lowest BCUT2D eigenvalue weighted by Gasteiger charge is -2.38. The van der Waals surface area contributed by atoms with Crippen LogP contribution in [-0.4, -0.2) is 39.9 Å². The molecular weight excluding hydrogens is 240 g/mol. The Morgan fingerprint density at radius 3 is 2.53 bits per heavy atom. The second-order valence-corrected chi connectivity index (χ2v) is 6.39. The summed E-state index contributed by atoms with van der Waals surface area (Å²) in [6.07, 6.45) is 1.01. The lowest BCUT2D eigenvalue weighted by molar-refractivity contribution is 0.115. The summed E-state index contributed by atoms with van der Waals surface area (Å²) in [4.78, 5) is 2.46. The summed E-state index contributed by atoms with van der Waals surface area (Å²) in [6, 6.07) is 0.319. The monoisotopic (exact) mass is 266 g/mol. The summed E-state index contributed by atoms with van der Waals surface area (Å²) in [6.45, 7) is 9.75. The first kappa shape index (κ1) is 14.3. The molecule has 2 N–H and O–H groups in total. The Morgan fingerprint density at radius 2 is 2.00 bits per heavy atom. The number of hydrogen-bond acceptors (Lipinski definition) is 4. The van der Waals surface area contributed by atoms with Crippen LogP contribution in [0.5, 0.6) is 5.88 Å². The van der Waals surface area contributed by atoms with Gasteiger partial charge in [0.2, 0.25) is 5.88 Å². The molecule has 0 saturated carbocycles. The minimum atomic E-state index is 0.0894. The third-order valence-corrected chi connectivity index (χ3v) is 4.01. The SMILES string of the molecule is COc1c(C2C(N)CCN2C(C)(C)C)c(C)nn1C. The van der Waals surface area contributed by atoms with E-state index in [4.69, 9.17) is 10.5 Å². The second-order valence-electron chi connectivity index (χ2n) is 6.39. The first-order valence-corrected chi connectivity index (χ1v) is 6.87. The van der Waals surface area contributed by atoms with Gasteiger partial charge in [0, 0.05) is 25.2 Å². The number of rotatable bonds is 2. The van der Waals surface area contributed by atoms with E-state index in [1.165, 1.54) is 0 Å². The van der Waals surface area contributed by atoms with Crippen LogP contribution in [0.25, 0.3) is 0 Å². The summed E-state index contributed by atoms with van der Waals surface area (Å²) < 4.78 is 7.34. The summed E-state index contributed by atoms with van der Waals surface area (Å²) >= 11 is 0. The largest absolute Gasteiger partial charge is 0.481 e. The number of ether oxygens (including phenoxy) is 1. The van der Waals surface area contributed by atoms with Gasteiger partial charge in [0.05, 0.1) is 24.4 Å². The fraction of sp³-hybridized carbons (Fsp3) is 0.786. The molecule has 1 aromatic rings. The molecule has 2 unspecified atom stereocenters. The first-order valence-electron chi connectivity index (χ1n) is 6.87. The van der Waals surface area contributed by atoms with Crippen LogP contribution in [-0.2, 0) is 7.05 Å². The Balaban J connectivity index is 2.49. The first-order chi connectivity index (χ1) is 8.77. The van der Waals surface area contributed by atoms with Crippen molar-refractivity contribution in [2.45, 2.75) is 51.7 Å². The smallest absolute Gasteiger partial charge is 0.216 e. The summed E-state index contributed by atoms with van der Waals surface area (Å²) in [5.41, 5.74) is 8.61. The van der Waals surface area contributed by atoms with Gasteiger partial charge in [-0.2, -0.15) is 5.10 Å². The minimum absolute atomic E-state index is 0.0894. The molecule has 0 radical (unpaired) electrons. The molecule has 0 amide bonds. The highest BCUT2D eigenvalue weighted by Crippen LogP contribution is 2.41. The van der Waals surface area contributed by atoms with E-state index < -0.39 is 0 Å². The van der Waals surface area contributed by atoms with Gasteiger partial charge >= 0.3 is 0 Å². The molecule has 19 heavy (non-hydrogen) atoms. The normalized spacial score (nSPS) is 25.0. The van der Waals surface area contributed by atoms with Crippen molar-refractivity contribution in [3.63, 3.8) is 0 Å². The molecular formula is C14H26N4O. The van der Waals surface area contributed by atoms with Crippen LogP contribution in [0.15, 0.2) is 0 Å². The number of nitrogens with two attached hydrogens (primary N) is 1. The van der Waals surface area contributed by atoms with Gasteiger partial charge in [-0.3, -0.25) is 4.90 Å². The van der Waals surface area contributed by atoms with Gasteiger partial charge in [-0.15, -0.1) is 0 Å². The van der Waals surface area contributed by atoms with Gasteiger partial charge in [-0.25, -0.2) is 4.68 Å². The average Bonchev–Trinajstić information content (AvgIpc) is 2.78. The lowest BCUT2D eigenvalue weighted by atomic mass is 9.97. The van der Waals surface area contributed by atoms with Crippen molar-refractivity contribution in [2.24, 2.45) is 12.8 Å². The zero-order chi connectivity index (χ0) is 14.4. The fourth-order valence-corrected chi connectivity index (χ4v) is 3.17. The van der Waals surface area contributed by atoms with E-state index in [1.807, 2.05) is 14.0 Å². The van der Waals surface area contributed by atoms with Crippen molar-refractivity contribution in [3.8, 4) is 5.88 Å². The summed E-state index contributed by atoms with van der Waals surface area (Å²) in [7, 11) is 3.61. The zero-order valence-electron chi connectivity index (χ0n) is 12.9. The molecule has 1 aromatic heterocycles. The molecule has 0 aromatic carbocycles.